The Morgan fingerprint density at radius 1 is 0.917 bits per heavy atom. The minimum absolute atomic E-state index is 0.00775. The molecule has 10 nitrogen and oxygen atoms in total. The summed E-state index contributed by atoms with van der Waals surface area (Å²) < 4.78 is 29.9. The van der Waals surface area contributed by atoms with Crippen molar-refractivity contribution in [3.8, 4) is 33.6 Å². The van der Waals surface area contributed by atoms with Crippen LogP contribution in [0.4, 0.5) is 5.82 Å². The van der Waals surface area contributed by atoms with E-state index < -0.39 is 10.0 Å². The van der Waals surface area contributed by atoms with Crippen molar-refractivity contribution in [3.63, 3.8) is 0 Å². The predicted molar refractivity (Wildman–Crippen MR) is 137 cm³/mol. The Morgan fingerprint density at radius 3 is 2.22 bits per heavy atom. The van der Waals surface area contributed by atoms with E-state index >= 15 is 0 Å². The maximum absolute atomic E-state index is 12.4. The maximum Gasteiger partial charge on any atom is 0.211 e. The molecule has 11 heteroatoms. The number of nitrogens with one attached hydrogen (secondary N) is 1. The van der Waals surface area contributed by atoms with Crippen LogP contribution in [-0.4, -0.2) is 66.6 Å². The van der Waals surface area contributed by atoms with Gasteiger partial charge in [0, 0.05) is 67.0 Å². The second-order valence-electron chi connectivity index (χ2n) is 9.67. The molecule has 1 aliphatic carbocycles. The van der Waals surface area contributed by atoms with Gasteiger partial charge >= 0.3 is 0 Å². The lowest BCUT2D eigenvalue weighted by molar-refractivity contribution is 0.0371. The van der Waals surface area contributed by atoms with Gasteiger partial charge in [0.25, 0.3) is 0 Å². The molecule has 1 aliphatic heterocycles. The number of anilines is 1. The molecule has 0 amide bonds. The highest BCUT2D eigenvalue weighted by atomic mass is 32.2. The summed E-state index contributed by atoms with van der Waals surface area (Å²) in [6, 6.07) is 7.96. The van der Waals surface area contributed by atoms with Gasteiger partial charge in [-0.1, -0.05) is 24.6 Å². The first-order valence-corrected chi connectivity index (χ1v) is 13.8. The van der Waals surface area contributed by atoms with Gasteiger partial charge in [-0.15, -0.1) is 0 Å². The Morgan fingerprint density at radius 2 is 1.58 bits per heavy atom. The lowest BCUT2D eigenvalue weighted by atomic mass is 9.77. The monoisotopic (exact) mass is 504 g/mol. The average molecular weight is 505 g/mol. The zero-order valence-corrected chi connectivity index (χ0v) is 21.2. The van der Waals surface area contributed by atoms with Gasteiger partial charge in [-0.3, -0.25) is 9.36 Å². The number of fused-ring (bicyclic) bond motifs is 2. The van der Waals surface area contributed by atoms with E-state index in [9.17, 15) is 8.42 Å². The number of piperidine rings is 1. The van der Waals surface area contributed by atoms with Crippen LogP contribution in [0.25, 0.3) is 33.6 Å². The number of nitrogens with zero attached hydrogens (tertiary/aromatic N) is 7. The molecular formula is C25H28N8O2S. The summed E-state index contributed by atoms with van der Waals surface area (Å²) in [6.07, 6.45) is 13.4. The number of hydrogen-bond acceptors (Lipinski definition) is 7. The molecule has 1 aromatic carbocycles. The van der Waals surface area contributed by atoms with E-state index in [-0.39, 0.29) is 18.1 Å². The third kappa shape index (κ3) is 3.97. The lowest BCUT2D eigenvalue weighted by Gasteiger charge is -2.57. The molecule has 1 saturated heterocycles. The van der Waals surface area contributed by atoms with Gasteiger partial charge in [0.2, 0.25) is 10.0 Å². The quantitative estimate of drug-likeness (QED) is 0.430. The number of rotatable bonds is 6. The summed E-state index contributed by atoms with van der Waals surface area (Å²) in [6.45, 7) is 0. The van der Waals surface area contributed by atoms with Gasteiger partial charge in [-0.25, -0.2) is 18.4 Å². The molecule has 1 N–H and O–H groups in total. The smallest absolute Gasteiger partial charge is 0.211 e. The Balaban J connectivity index is 1.38. The van der Waals surface area contributed by atoms with Crippen LogP contribution < -0.4 is 5.32 Å². The zero-order chi connectivity index (χ0) is 25.0. The summed E-state index contributed by atoms with van der Waals surface area (Å²) in [4.78, 5) is 9.65. The fourth-order valence-corrected chi connectivity index (χ4v) is 6.98. The maximum atomic E-state index is 12.4. The van der Waals surface area contributed by atoms with Crippen molar-refractivity contribution in [2.24, 2.45) is 14.1 Å². The summed E-state index contributed by atoms with van der Waals surface area (Å²) in [7, 11) is 0.517. The average Bonchev–Trinajstić information content (AvgIpc) is 3.50. The highest BCUT2D eigenvalue weighted by Crippen LogP contribution is 2.42. The topological polar surface area (TPSA) is 111 Å². The zero-order valence-electron chi connectivity index (χ0n) is 20.4. The van der Waals surface area contributed by atoms with Crippen molar-refractivity contribution >= 4 is 15.8 Å². The number of hydrogen-bond donors (Lipinski definition) is 1. The standard InChI is InChI=1S/C25H28N8O2S/c1-31-14-18(11-27-31)16-6-4-7-17(10-16)24-26-13-20(19-12-28-32(2)15-19)25(30-24)29-23-21-8-5-9-22(23)33(21)36(3,34)35/h4,6-7,10-15,21-23H,5,8-9H2,1-3H3,(H,26,29,30). The van der Waals surface area contributed by atoms with Crippen molar-refractivity contribution in [1.29, 1.82) is 0 Å². The molecule has 36 heavy (non-hydrogen) atoms. The van der Waals surface area contributed by atoms with E-state index in [0.717, 1.165) is 47.1 Å². The second kappa shape index (κ2) is 8.52. The normalized spacial score (nSPS) is 21.8. The molecule has 1 saturated carbocycles. The van der Waals surface area contributed by atoms with E-state index in [1.165, 1.54) is 6.26 Å². The first kappa shape index (κ1) is 22.9. The van der Waals surface area contributed by atoms with Gasteiger partial charge in [0.15, 0.2) is 5.82 Å². The second-order valence-corrected chi connectivity index (χ2v) is 11.6. The number of aryl methyl sites for hydroxylation is 2. The lowest BCUT2D eigenvalue weighted by Crippen LogP contribution is -2.73. The number of sulfonamides is 1. The van der Waals surface area contributed by atoms with Crippen LogP contribution in [0.2, 0.25) is 0 Å². The predicted octanol–water partition coefficient (Wildman–Crippen LogP) is 2.92. The van der Waals surface area contributed by atoms with Crippen molar-refractivity contribution in [1.82, 2.24) is 33.8 Å². The van der Waals surface area contributed by atoms with E-state index in [2.05, 4.69) is 21.6 Å². The van der Waals surface area contributed by atoms with Crippen LogP contribution in [0.1, 0.15) is 19.3 Å². The molecule has 186 valence electrons. The van der Waals surface area contributed by atoms with Crippen molar-refractivity contribution in [3.05, 3.63) is 55.2 Å². The third-order valence-electron chi connectivity index (χ3n) is 7.13. The summed E-state index contributed by atoms with van der Waals surface area (Å²) in [5, 5.41) is 12.2. The minimum atomic E-state index is -3.25. The fraction of sp³-hybridized carbons (Fsp3) is 0.360. The Hall–Kier alpha value is -3.57. The highest BCUT2D eigenvalue weighted by molar-refractivity contribution is 7.88. The van der Waals surface area contributed by atoms with E-state index in [1.807, 2.05) is 57.1 Å². The molecular weight excluding hydrogens is 476 g/mol. The van der Waals surface area contributed by atoms with Crippen molar-refractivity contribution in [2.45, 2.75) is 37.4 Å². The summed E-state index contributed by atoms with van der Waals surface area (Å²) in [5.74, 6) is 1.29. The number of benzene rings is 1. The highest BCUT2D eigenvalue weighted by Gasteiger charge is 2.55. The molecule has 2 aliphatic rings. The van der Waals surface area contributed by atoms with Crippen LogP contribution >= 0.6 is 0 Å². The van der Waals surface area contributed by atoms with Gasteiger partial charge < -0.3 is 5.32 Å². The first-order valence-electron chi connectivity index (χ1n) is 12.0. The van der Waals surface area contributed by atoms with Crippen LogP contribution in [-0.2, 0) is 24.1 Å². The molecule has 2 bridgehead atoms. The van der Waals surface area contributed by atoms with Crippen LogP contribution in [0.15, 0.2) is 55.2 Å². The molecule has 3 aromatic heterocycles. The molecule has 0 spiro atoms. The molecule has 4 heterocycles. The van der Waals surface area contributed by atoms with Crippen LogP contribution in [0, 0.1) is 0 Å². The molecule has 2 fully saturated rings. The molecule has 0 radical (unpaired) electrons. The number of aromatic nitrogens is 6. The molecule has 2 atom stereocenters. The molecule has 4 aromatic rings. The fourth-order valence-electron chi connectivity index (χ4n) is 5.52. The Labute approximate surface area is 210 Å². The summed E-state index contributed by atoms with van der Waals surface area (Å²) >= 11 is 0. The van der Waals surface area contributed by atoms with E-state index in [1.54, 1.807) is 19.9 Å². The van der Waals surface area contributed by atoms with Gasteiger partial charge in [0.05, 0.1) is 24.7 Å². The van der Waals surface area contributed by atoms with Crippen LogP contribution in [0.3, 0.4) is 0 Å². The van der Waals surface area contributed by atoms with Crippen LogP contribution in [0.5, 0.6) is 0 Å². The Bertz CT molecular complexity index is 1530. The van der Waals surface area contributed by atoms with E-state index in [0.29, 0.717) is 11.6 Å². The van der Waals surface area contributed by atoms with E-state index in [4.69, 9.17) is 9.97 Å². The summed E-state index contributed by atoms with van der Waals surface area (Å²) in [5.41, 5.74) is 4.69. The van der Waals surface area contributed by atoms with Crippen molar-refractivity contribution < 1.29 is 8.42 Å². The van der Waals surface area contributed by atoms with Gasteiger partial charge in [-0.05, 0) is 24.5 Å². The third-order valence-corrected chi connectivity index (χ3v) is 8.44. The minimum Gasteiger partial charge on any atom is -0.363 e. The first-order chi connectivity index (χ1) is 17.3. The molecule has 6 rings (SSSR count). The van der Waals surface area contributed by atoms with Gasteiger partial charge in [-0.2, -0.15) is 14.5 Å². The van der Waals surface area contributed by atoms with Gasteiger partial charge in [0.1, 0.15) is 5.82 Å². The largest absolute Gasteiger partial charge is 0.363 e. The SMILES string of the molecule is Cn1cc(-c2cccc(-c3ncc(-c4cnn(C)c4)c(NC4C5CCCC4N5S(C)(=O)=O)n3)c2)cn1. The molecule has 2 unspecified atom stereocenters. The van der Waals surface area contributed by atoms with Crippen molar-refractivity contribution in [2.75, 3.05) is 11.6 Å². The Kier molecular flexibility index (Phi) is 5.41.